The Bertz CT molecular complexity index is 347. The molecule has 1 aliphatic rings. The molecule has 1 N–H and O–H groups in total. The predicted molar refractivity (Wildman–Crippen MR) is 56.2 cm³/mol. The molecular formula is C12H13N. The van der Waals surface area contributed by atoms with Crippen LogP contribution in [0.15, 0.2) is 48.1 Å². The average molecular weight is 171 g/mol. The molecule has 1 aliphatic heterocycles. The molecule has 0 bridgehead atoms. The third-order valence-electron chi connectivity index (χ3n) is 2.17. The van der Waals surface area contributed by atoms with Crippen LogP contribution in [0.2, 0.25) is 0 Å². The highest BCUT2D eigenvalue weighted by molar-refractivity contribution is 5.67. The van der Waals surface area contributed by atoms with Crippen LogP contribution < -0.4 is 5.32 Å². The Hall–Kier alpha value is -1.50. The molecule has 1 nitrogen and oxygen atoms in total. The van der Waals surface area contributed by atoms with Crippen LogP contribution in [0, 0.1) is 0 Å². The molecule has 0 fully saturated rings. The van der Waals surface area contributed by atoms with Crippen molar-refractivity contribution >= 4 is 5.70 Å². The second-order valence-corrected chi connectivity index (χ2v) is 3.25. The average Bonchev–Trinajstić information content (AvgIpc) is 2.19. The van der Waals surface area contributed by atoms with Gasteiger partial charge in [-0.05, 0) is 18.6 Å². The number of benzene rings is 1. The first-order chi connectivity index (χ1) is 6.36. The molecule has 0 spiro atoms. The molecule has 0 radical (unpaired) electrons. The highest BCUT2D eigenvalue weighted by Gasteiger charge is 2.02. The highest BCUT2D eigenvalue weighted by Crippen LogP contribution is 2.15. The number of hydrogen-bond donors (Lipinski definition) is 1. The maximum Gasteiger partial charge on any atom is 0.0418 e. The van der Waals surface area contributed by atoms with Crippen molar-refractivity contribution in [1.82, 2.24) is 5.32 Å². The minimum absolute atomic E-state index is 0.937. The van der Waals surface area contributed by atoms with E-state index in [2.05, 4.69) is 48.7 Å². The quantitative estimate of drug-likeness (QED) is 0.684. The lowest BCUT2D eigenvalue weighted by atomic mass is 10.1. The summed E-state index contributed by atoms with van der Waals surface area (Å²) in [6.45, 7) is 3.07. The monoisotopic (exact) mass is 171 g/mol. The summed E-state index contributed by atoms with van der Waals surface area (Å²) < 4.78 is 0. The second-order valence-electron chi connectivity index (χ2n) is 3.25. The van der Waals surface area contributed by atoms with Gasteiger partial charge in [0.15, 0.2) is 0 Å². The fraction of sp³-hybridized carbons (Fsp3) is 0.167. The molecule has 0 aliphatic carbocycles. The molecule has 0 saturated heterocycles. The topological polar surface area (TPSA) is 12.0 Å². The van der Waals surface area contributed by atoms with Crippen molar-refractivity contribution in [2.45, 2.75) is 6.92 Å². The summed E-state index contributed by atoms with van der Waals surface area (Å²) in [6, 6.07) is 10.4. The molecule has 66 valence electrons. The molecule has 1 heteroatoms. The molecule has 0 saturated carbocycles. The van der Waals surface area contributed by atoms with Crippen molar-refractivity contribution in [3.8, 4) is 0 Å². The van der Waals surface area contributed by atoms with Crippen LogP contribution in [0.4, 0.5) is 0 Å². The van der Waals surface area contributed by atoms with Crippen LogP contribution in [0.5, 0.6) is 0 Å². The lowest BCUT2D eigenvalue weighted by Gasteiger charge is -2.14. The van der Waals surface area contributed by atoms with E-state index in [9.17, 15) is 0 Å². The van der Waals surface area contributed by atoms with Gasteiger partial charge in [-0.25, -0.2) is 0 Å². The minimum Gasteiger partial charge on any atom is -0.381 e. The van der Waals surface area contributed by atoms with Crippen molar-refractivity contribution in [2.75, 3.05) is 6.54 Å². The van der Waals surface area contributed by atoms with Gasteiger partial charge in [0.05, 0.1) is 0 Å². The fourth-order valence-corrected chi connectivity index (χ4v) is 1.46. The molecule has 0 unspecified atom stereocenters. The van der Waals surface area contributed by atoms with Gasteiger partial charge in [-0.3, -0.25) is 0 Å². The zero-order valence-corrected chi connectivity index (χ0v) is 7.75. The molecule has 0 amide bonds. The number of hydrogen-bond acceptors (Lipinski definition) is 1. The molecule has 0 aromatic heterocycles. The smallest absolute Gasteiger partial charge is 0.0418 e. The van der Waals surface area contributed by atoms with Crippen LogP contribution >= 0.6 is 0 Å². The maximum absolute atomic E-state index is 3.35. The predicted octanol–water partition coefficient (Wildman–Crippen LogP) is 2.58. The van der Waals surface area contributed by atoms with Crippen LogP contribution in [0.1, 0.15) is 12.5 Å². The van der Waals surface area contributed by atoms with Gasteiger partial charge in [0.2, 0.25) is 0 Å². The first kappa shape index (κ1) is 8.11. The number of dihydropyridines is 1. The third-order valence-corrected chi connectivity index (χ3v) is 2.17. The molecular weight excluding hydrogens is 158 g/mol. The van der Waals surface area contributed by atoms with E-state index in [4.69, 9.17) is 0 Å². The number of allylic oxidation sites excluding steroid dienone is 2. The molecule has 1 aromatic carbocycles. The largest absolute Gasteiger partial charge is 0.381 e. The summed E-state index contributed by atoms with van der Waals surface area (Å²) in [6.07, 6.45) is 4.37. The summed E-state index contributed by atoms with van der Waals surface area (Å²) in [7, 11) is 0. The number of rotatable bonds is 1. The normalized spacial score (nSPS) is 15.8. The van der Waals surface area contributed by atoms with E-state index >= 15 is 0 Å². The standard InChI is InChI=1S/C12H13N/c1-10-7-8-13-12(9-10)11-5-3-2-4-6-11/h2-7,9,13H,8H2,1H3. The van der Waals surface area contributed by atoms with E-state index in [0.29, 0.717) is 0 Å². The maximum atomic E-state index is 3.35. The van der Waals surface area contributed by atoms with E-state index in [1.54, 1.807) is 0 Å². The van der Waals surface area contributed by atoms with E-state index in [0.717, 1.165) is 6.54 Å². The van der Waals surface area contributed by atoms with Crippen molar-refractivity contribution in [3.63, 3.8) is 0 Å². The Morgan fingerprint density at radius 1 is 1.15 bits per heavy atom. The first-order valence-corrected chi connectivity index (χ1v) is 4.54. The van der Waals surface area contributed by atoms with Gasteiger partial charge in [-0.1, -0.05) is 42.0 Å². The van der Waals surface area contributed by atoms with Gasteiger partial charge in [-0.2, -0.15) is 0 Å². The van der Waals surface area contributed by atoms with Crippen LogP contribution in [0.25, 0.3) is 5.70 Å². The number of nitrogens with one attached hydrogen (secondary N) is 1. The van der Waals surface area contributed by atoms with Gasteiger partial charge in [0.1, 0.15) is 0 Å². The van der Waals surface area contributed by atoms with E-state index < -0.39 is 0 Å². The molecule has 13 heavy (non-hydrogen) atoms. The minimum atomic E-state index is 0.937. The Labute approximate surface area is 78.8 Å². The van der Waals surface area contributed by atoms with E-state index in [-0.39, 0.29) is 0 Å². The first-order valence-electron chi connectivity index (χ1n) is 4.54. The highest BCUT2D eigenvalue weighted by atomic mass is 14.9. The second kappa shape index (κ2) is 3.48. The zero-order chi connectivity index (χ0) is 9.10. The van der Waals surface area contributed by atoms with Crippen molar-refractivity contribution < 1.29 is 0 Å². The molecule has 1 aromatic rings. The van der Waals surface area contributed by atoms with Crippen LogP contribution in [-0.2, 0) is 0 Å². The lowest BCUT2D eigenvalue weighted by Crippen LogP contribution is -2.15. The SMILES string of the molecule is CC1=CCNC(c2ccccc2)=C1. The van der Waals surface area contributed by atoms with Crippen molar-refractivity contribution in [1.29, 1.82) is 0 Å². The Morgan fingerprint density at radius 3 is 2.62 bits per heavy atom. The van der Waals surface area contributed by atoms with Crippen molar-refractivity contribution in [2.24, 2.45) is 0 Å². The summed E-state index contributed by atoms with van der Waals surface area (Å²) >= 11 is 0. The molecule has 0 atom stereocenters. The third kappa shape index (κ3) is 1.81. The summed E-state index contributed by atoms with van der Waals surface area (Å²) in [5, 5.41) is 3.35. The van der Waals surface area contributed by atoms with E-state index in [1.807, 2.05) is 6.07 Å². The van der Waals surface area contributed by atoms with Crippen molar-refractivity contribution in [3.05, 3.63) is 53.6 Å². The Kier molecular flexibility index (Phi) is 2.17. The van der Waals surface area contributed by atoms with Crippen LogP contribution in [-0.4, -0.2) is 6.54 Å². The Morgan fingerprint density at radius 2 is 1.92 bits per heavy atom. The van der Waals surface area contributed by atoms with Gasteiger partial charge >= 0.3 is 0 Å². The zero-order valence-electron chi connectivity index (χ0n) is 7.75. The van der Waals surface area contributed by atoms with Gasteiger partial charge < -0.3 is 5.32 Å². The van der Waals surface area contributed by atoms with Gasteiger partial charge in [0, 0.05) is 12.2 Å². The summed E-state index contributed by atoms with van der Waals surface area (Å²) in [4.78, 5) is 0. The van der Waals surface area contributed by atoms with Crippen LogP contribution in [0.3, 0.4) is 0 Å². The summed E-state index contributed by atoms with van der Waals surface area (Å²) in [5.74, 6) is 0. The fourth-order valence-electron chi connectivity index (χ4n) is 1.46. The molecule has 1 heterocycles. The van der Waals surface area contributed by atoms with Gasteiger partial charge in [0.25, 0.3) is 0 Å². The lowest BCUT2D eigenvalue weighted by molar-refractivity contribution is 0.981. The Balaban J connectivity index is 2.32. The van der Waals surface area contributed by atoms with E-state index in [1.165, 1.54) is 16.8 Å². The molecule has 2 rings (SSSR count). The van der Waals surface area contributed by atoms with Gasteiger partial charge in [-0.15, -0.1) is 0 Å². The summed E-state index contributed by atoms with van der Waals surface area (Å²) in [5.41, 5.74) is 3.81.